The summed E-state index contributed by atoms with van der Waals surface area (Å²) in [4.78, 5) is 0. The molecular weight excluding hydrogens is 200 g/mol. The fourth-order valence-corrected chi connectivity index (χ4v) is 1.82. The lowest BCUT2D eigenvalue weighted by Gasteiger charge is -2.26. The largest absolute Gasteiger partial charge is 0.494 e. The van der Waals surface area contributed by atoms with E-state index in [1.54, 1.807) is 0 Å². The third-order valence-corrected chi connectivity index (χ3v) is 2.95. The standard InChI is InChI=1S/C14H22O2/c1-3-9-14(2,12-15)10-11-16-13-7-5-4-6-8-13/h4-8,15H,3,9-12H2,1-2H3. The first-order chi connectivity index (χ1) is 7.70. The molecule has 0 heterocycles. The first-order valence-corrected chi connectivity index (χ1v) is 5.99. The average molecular weight is 222 g/mol. The van der Waals surface area contributed by atoms with Gasteiger partial charge in [0.15, 0.2) is 0 Å². The predicted octanol–water partition coefficient (Wildman–Crippen LogP) is 3.25. The molecule has 90 valence electrons. The van der Waals surface area contributed by atoms with Crippen LogP contribution in [0.15, 0.2) is 30.3 Å². The molecular formula is C14H22O2. The molecule has 0 radical (unpaired) electrons. The Balaban J connectivity index is 2.34. The van der Waals surface area contributed by atoms with E-state index in [9.17, 15) is 5.11 Å². The lowest BCUT2D eigenvalue weighted by atomic mass is 9.83. The van der Waals surface area contributed by atoms with E-state index in [1.807, 2.05) is 30.3 Å². The maximum atomic E-state index is 9.36. The molecule has 1 N–H and O–H groups in total. The van der Waals surface area contributed by atoms with Crippen LogP contribution < -0.4 is 4.74 Å². The first kappa shape index (κ1) is 13.0. The summed E-state index contributed by atoms with van der Waals surface area (Å²) < 4.78 is 5.64. The van der Waals surface area contributed by atoms with Gasteiger partial charge in [-0.05, 0) is 30.4 Å². The number of hydrogen-bond acceptors (Lipinski definition) is 2. The molecule has 1 unspecified atom stereocenters. The van der Waals surface area contributed by atoms with Crippen LogP contribution in [0.5, 0.6) is 5.75 Å². The Morgan fingerprint density at radius 2 is 1.88 bits per heavy atom. The van der Waals surface area contributed by atoms with Crippen molar-refractivity contribution in [3.05, 3.63) is 30.3 Å². The maximum Gasteiger partial charge on any atom is 0.119 e. The minimum Gasteiger partial charge on any atom is -0.494 e. The van der Waals surface area contributed by atoms with Crippen molar-refractivity contribution in [3.8, 4) is 5.75 Å². The molecule has 0 aliphatic carbocycles. The summed E-state index contributed by atoms with van der Waals surface area (Å²) in [7, 11) is 0. The van der Waals surface area contributed by atoms with Gasteiger partial charge in [0.2, 0.25) is 0 Å². The highest BCUT2D eigenvalue weighted by molar-refractivity contribution is 5.20. The zero-order valence-electron chi connectivity index (χ0n) is 10.3. The molecule has 0 saturated carbocycles. The van der Waals surface area contributed by atoms with E-state index < -0.39 is 0 Å². The van der Waals surface area contributed by atoms with E-state index >= 15 is 0 Å². The van der Waals surface area contributed by atoms with Crippen molar-refractivity contribution in [2.24, 2.45) is 5.41 Å². The van der Waals surface area contributed by atoms with Crippen LogP contribution in [0.3, 0.4) is 0 Å². The molecule has 0 bridgehead atoms. The van der Waals surface area contributed by atoms with Crippen molar-refractivity contribution in [3.63, 3.8) is 0 Å². The summed E-state index contributed by atoms with van der Waals surface area (Å²) in [6, 6.07) is 9.81. The molecule has 0 amide bonds. The fraction of sp³-hybridized carbons (Fsp3) is 0.571. The third kappa shape index (κ3) is 4.23. The number of para-hydroxylation sites is 1. The molecule has 0 saturated heterocycles. The Kier molecular flexibility index (Phi) is 5.33. The predicted molar refractivity (Wildman–Crippen MR) is 66.7 cm³/mol. The van der Waals surface area contributed by atoms with Crippen molar-refractivity contribution in [1.29, 1.82) is 0 Å². The van der Waals surface area contributed by atoms with E-state index in [4.69, 9.17) is 4.74 Å². The Morgan fingerprint density at radius 1 is 1.19 bits per heavy atom. The fourth-order valence-electron chi connectivity index (χ4n) is 1.82. The second-order valence-corrected chi connectivity index (χ2v) is 4.63. The topological polar surface area (TPSA) is 29.5 Å². The van der Waals surface area contributed by atoms with Gasteiger partial charge in [-0.25, -0.2) is 0 Å². The van der Waals surface area contributed by atoms with Crippen molar-refractivity contribution >= 4 is 0 Å². The normalized spacial score (nSPS) is 14.4. The molecule has 16 heavy (non-hydrogen) atoms. The molecule has 0 fully saturated rings. The molecule has 1 aromatic carbocycles. The van der Waals surface area contributed by atoms with Crippen molar-refractivity contribution in [1.82, 2.24) is 0 Å². The molecule has 0 spiro atoms. The molecule has 1 atom stereocenters. The van der Waals surface area contributed by atoms with Gasteiger partial charge in [0.25, 0.3) is 0 Å². The molecule has 0 aliphatic heterocycles. The van der Waals surface area contributed by atoms with Gasteiger partial charge < -0.3 is 9.84 Å². The van der Waals surface area contributed by atoms with Gasteiger partial charge in [0.1, 0.15) is 5.75 Å². The van der Waals surface area contributed by atoms with Crippen molar-refractivity contribution in [2.45, 2.75) is 33.1 Å². The van der Waals surface area contributed by atoms with Crippen molar-refractivity contribution < 1.29 is 9.84 Å². The first-order valence-electron chi connectivity index (χ1n) is 5.99. The summed E-state index contributed by atoms with van der Waals surface area (Å²) in [6.07, 6.45) is 3.04. The quantitative estimate of drug-likeness (QED) is 0.767. The Hall–Kier alpha value is -1.02. The summed E-state index contributed by atoms with van der Waals surface area (Å²) in [5.74, 6) is 0.902. The SMILES string of the molecule is CCCC(C)(CO)CCOc1ccccc1. The van der Waals surface area contributed by atoms with E-state index in [2.05, 4.69) is 13.8 Å². The van der Waals surface area contributed by atoms with Gasteiger partial charge in [-0.15, -0.1) is 0 Å². The lowest BCUT2D eigenvalue weighted by Crippen LogP contribution is -2.23. The number of aliphatic hydroxyl groups is 1. The molecule has 2 heteroatoms. The summed E-state index contributed by atoms with van der Waals surface area (Å²) in [5.41, 5.74) is 0.00350. The van der Waals surface area contributed by atoms with E-state index in [1.165, 1.54) is 0 Å². The summed E-state index contributed by atoms with van der Waals surface area (Å²) in [5, 5.41) is 9.36. The Bertz CT molecular complexity index is 284. The van der Waals surface area contributed by atoms with Crippen LogP contribution >= 0.6 is 0 Å². The zero-order chi connectivity index (χ0) is 11.9. The second kappa shape index (κ2) is 6.54. The maximum absolute atomic E-state index is 9.36. The number of ether oxygens (including phenoxy) is 1. The lowest BCUT2D eigenvalue weighted by molar-refractivity contribution is 0.102. The van der Waals surface area contributed by atoms with Crippen LogP contribution in [0.2, 0.25) is 0 Å². The molecule has 0 aliphatic rings. The van der Waals surface area contributed by atoms with Gasteiger partial charge in [-0.2, -0.15) is 0 Å². The van der Waals surface area contributed by atoms with Gasteiger partial charge in [0, 0.05) is 6.61 Å². The molecule has 1 rings (SSSR count). The van der Waals surface area contributed by atoms with Crippen LogP contribution in [0.1, 0.15) is 33.1 Å². The monoisotopic (exact) mass is 222 g/mol. The second-order valence-electron chi connectivity index (χ2n) is 4.63. The van der Waals surface area contributed by atoms with Crippen LogP contribution in [0, 0.1) is 5.41 Å². The van der Waals surface area contributed by atoms with Gasteiger partial charge in [-0.1, -0.05) is 38.5 Å². The number of rotatable bonds is 7. The Labute approximate surface area is 98.3 Å². The minimum atomic E-state index is 0.00350. The van der Waals surface area contributed by atoms with Gasteiger partial charge >= 0.3 is 0 Å². The highest BCUT2D eigenvalue weighted by Crippen LogP contribution is 2.27. The minimum absolute atomic E-state index is 0.00350. The summed E-state index contributed by atoms with van der Waals surface area (Å²) >= 11 is 0. The van der Waals surface area contributed by atoms with Crippen LogP contribution in [-0.4, -0.2) is 18.3 Å². The number of hydrogen-bond donors (Lipinski definition) is 1. The average Bonchev–Trinajstić information content (AvgIpc) is 2.31. The van der Waals surface area contributed by atoms with Crippen LogP contribution in [-0.2, 0) is 0 Å². The smallest absolute Gasteiger partial charge is 0.119 e. The van der Waals surface area contributed by atoms with Crippen LogP contribution in [0.25, 0.3) is 0 Å². The van der Waals surface area contributed by atoms with Gasteiger partial charge in [-0.3, -0.25) is 0 Å². The Morgan fingerprint density at radius 3 is 2.44 bits per heavy atom. The molecule has 2 nitrogen and oxygen atoms in total. The zero-order valence-corrected chi connectivity index (χ0v) is 10.3. The van der Waals surface area contributed by atoms with Crippen LogP contribution in [0.4, 0.5) is 0 Å². The van der Waals surface area contributed by atoms with E-state index in [0.29, 0.717) is 6.61 Å². The number of aliphatic hydroxyl groups excluding tert-OH is 1. The summed E-state index contributed by atoms with van der Waals surface area (Å²) in [6.45, 7) is 5.16. The van der Waals surface area contributed by atoms with E-state index in [0.717, 1.165) is 25.0 Å². The molecule has 0 aromatic heterocycles. The van der Waals surface area contributed by atoms with Gasteiger partial charge in [0.05, 0.1) is 6.61 Å². The highest BCUT2D eigenvalue weighted by Gasteiger charge is 2.21. The third-order valence-electron chi connectivity index (χ3n) is 2.95. The highest BCUT2D eigenvalue weighted by atomic mass is 16.5. The van der Waals surface area contributed by atoms with E-state index in [-0.39, 0.29) is 12.0 Å². The number of benzene rings is 1. The van der Waals surface area contributed by atoms with Crippen molar-refractivity contribution in [2.75, 3.05) is 13.2 Å². The molecule has 1 aromatic rings.